The molecule has 18 heavy (non-hydrogen) atoms. The number of piperidine rings is 1. The molecule has 1 aliphatic rings. The second-order valence-corrected chi connectivity index (χ2v) is 5.15. The smallest absolute Gasteiger partial charge is 0.221 e. The summed E-state index contributed by atoms with van der Waals surface area (Å²) < 4.78 is 0. The average Bonchev–Trinajstić information content (AvgIpc) is 2.39. The van der Waals surface area contributed by atoms with Gasteiger partial charge >= 0.3 is 0 Å². The van der Waals surface area contributed by atoms with Crippen LogP contribution in [-0.2, 0) is 9.59 Å². The first-order valence-corrected chi connectivity index (χ1v) is 6.74. The molecule has 1 aliphatic heterocycles. The normalized spacial score (nSPS) is 20.8. The highest BCUT2D eigenvalue weighted by Gasteiger charge is 2.25. The molecule has 0 radical (unpaired) electrons. The maximum Gasteiger partial charge on any atom is 0.221 e. The van der Waals surface area contributed by atoms with Crippen molar-refractivity contribution >= 4 is 12.3 Å². The fourth-order valence-corrected chi connectivity index (χ4v) is 2.40. The van der Waals surface area contributed by atoms with Crippen LogP contribution in [0.4, 0.5) is 0 Å². The lowest BCUT2D eigenvalue weighted by molar-refractivity contribution is -0.124. The zero-order chi connectivity index (χ0) is 13.5. The Hall–Kier alpha value is -1.10. The Balaban J connectivity index is 2.48. The molecule has 0 aromatic carbocycles. The van der Waals surface area contributed by atoms with Gasteiger partial charge < -0.3 is 10.2 Å². The summed E-state index contributed by atoms with van der Waals surface area (Å²) in [5, 5.41) is 2.58. The number of hydrogen-bond donors (Lipinski definition) is 1. The molecule has 0 spiro atoms. The van der Waals surface area contributed by atoms with Crippen LogP contribution in [0.25, 0.3) is 0 Å². The van der Waals surface area contributed by atoms with Crippen LogP contribution in [0.1, 0.15) is 33.1 Å². The number of carbonyl (C=O) groups excluding carboxylic acids is 2. The molecule has 5 heteroatoms. The van der Waals surface area contributed by atoms with Crippen LogP contribution in [-0.4, -0.2) is 60.9 Å². The van der Waals surface area contributed by atoms with Gasteiger partial charge in [-0.25, -0.2) is 0 Å². The van der Waals surface area contributed by atoms with Crippen LogP contribution < -0.4 is 5.32 Å². The number of likely N-dealkylation sites (tertiary alicyclic amines) is 1. The monoisotopic (exact) mass is 255 g/mol. The van der Waals surface area contributed by atoms with Gasteiger partial charge in [-0.15, -0.1) is 0 Å². The largest absolute Gasteiger partial charge is 0.359 e. The van der Waals surface area contributed by atoms with Gasteiger partial charge in [0.05, 0.1) is 0 Å². The van der Waals surface area contributed by atoms with E-state index in [0.29, 0.717) is 19.0 Å². The minimum absolute atomic E-state index is 0.0154. The highest BCUT2D eigenvalue weighted by Crippen LogP contribution is 2.17. The van der Waals surface area contributed by atoms with E-state index in [9.17, 15) is 9.59 Å². The van der Waals surface area contributed by atoms with E-state index in [1.54, 1.807) is 11.9 Å². The van der Waals surface area contributed by atoms with Gasteiger partial charge in [0.15, 0.2) is 0 Å². The van der Waals surface area contributed by atoms with E-state index in [1.807, 2.05) is 0 Å². The molecule has 1 rings (SSSR count). The Morgan fingerprint density at radius 3 is 2.83 bits per heavy atom. The summed E-state index contributed by atoms with van der Waals surface area (Å²) in [6.45, 7) is 6.90. The van der Waals surface area contributed by atoms with Gasteiger partial charge in [0, 0.05) is 38.6 Å². The van der Waals surface area contributed by atoms with E-state index >= 15 is 0 Å². The van der Waals surface area contributed by atoms with Crippen LogP contribution in [0, 0.1) is 0 Å². The predicted molar refractivity (Wildman–Crippen MR) is 71.2 cm³/mol. The molecule has 1 saturated heterocycles. The van der Waals surface area contributed by atoms with Crippen molar-refractivity contribution in [2.75, 3.05) is 26.7 Å². The van der Waals surface area contributed by atoms with Crippen molar-refractivity contribution in [1.29, 1.82) is 0 Å². The molecule has 1 N–H and O–H groups in total. The summed E-state index contributed by atoms with van der Waals surface area (Å²) in [6, 6.07) is 0.767. The fraction of sp³-hybridized carbons (Fsp3) is 0.846. The van der Waals surface area contributed by atoms with Crippen molar-refractivity contribution in [1.82, 2.24) is 15.1 Å². The predicted octanol–water partition coefficient (Wildman–Crippen LogP) is 0.454. The molecule has 0 aliphatic carbocycles. The summed E-state index contributed by atoms with van der Waals surface area (Å²) in [6.07, 6.45) is 3.42. The minimum atomic E-state index is -0.0154. The van der Waals surface area contributed by atoms with E-state index in [2.05, 4.69) is 24.1 Å². The Morgan fingerprint density at radius 2 is 2.28 bits per heavy atom. The third-order valence-electron chi connectivity index (χ3n) is 3.64. The third kappa shape index (κ3) is 4.29. The second kappa shape index (κ2) is 7.36. The van der Waals surface area contributed by atoms with Crippen molar-refractivity contribution in [3.63, 3.8) is 0 Å². The van der Waals surface area contributed by atoms with Crippen molar-refractivity contribution in [2.45, 2.75) is 45.2 Å². The Morgan fingerprint density at radius 1 is 1.56 bits per heavy atom. The molecule has 1 unspecified atom stereocenters. The lowest BCUT2D eigenvalue weighted by Gasteiger charge is -2.39. The lowest BCUT2D eigenvalue weighted by Crippen LogP contribution is -2.50. The zero-order valence-electron chi connectivity index (χ0n) is 11.7. The molecule has 5 nitrogen and oxygen atoms in total. The first-order chi connectivity index (χ1) is 8.58. The first kappa shape index (κ1) is 15.0. The standard InChI is InChI=1S/C13H25N3O2/c1-11(2)15-7-4-5-12(9-15)16(10-17)8-6-13(18)14-3/h10-12H,4-9H2,1-3H3,(H,14,18). The second-order valence-electron chi connectivity index (χ2n) is 5.15. The van der Waals surface area contributed by atoms with Gasteiger partial charge in [-0.3, -0.25) is 14.5 Å². The maximum atomic E-state index is 11.2. The molecule has 1 fully saturated rings. The number of carbonyl (C=O) groups is 2. The van der Waals surface area contributed by atoms with E-state index in [-0.39, 0.29) is 11.9 Å². The number of rotatable bonds is 6. The van der Waals surface area contributed by atoms with Crippen LogP contribution in [0.2, 0.25) is 0 Å². The van der Waals surface area contributed by atoms with Crippen LogP contribution in [0.3, 0.4) is 0 Å². The number of hydrogen-bond acceptors (Lipinski definition) is 3. The SMILES string of the molecule is CNC(=O)CCN(C=O)C1CCCN(C(C)C)C1. The Bertz CT molecular complexity index is 281. The number of amides is 2. The van der Waals surface area contributed by atoms with Gasteiger partial charge in [-0.05, 0) is 33.2 Å². The van der Waals surface area contributed by atoms with Crippen molar-refractivity contribution < 1.29 is 9.59 Å². The molecule has 0 bridgehead atoms. The van der Waals surface area contributed by atoms with Crippen molar-refractivity contribution in [2.24, 2.45) is 0 Å². The van der Waals surface area contributed by atoms with Gasteiger partial charge in [0.2, 0.25) is 12.3 Å². The van der Waals surface area contributed by atoms with Gasteiger partial charge in [-0.1, -0.05) is 0 Å². The third-order valence-corrected chi connectivity index (χ3v) is 3.64. The lowest BCUT2D eigenvalue weighted by atomic mass is 10.0. The van der Waals surface area contributed by atoms with Crippen molar-refractivity contribution in [3.05, 3.63) is 0 Å². The molecule has 1 atom stereocenters. The molecular weight excluding hydrogens is 230 g/mol. The van der Waals surface area contributed by atoms with Gasteiger partial charge in [-0.2, -0.15) is 0 Å². The highest BCUT2D eigenvalue weighted by molar-refractivity contribution is 5.75. The van der Waals surface area contributed by atoms with E-state index < -0.39 is 0 Å². The van der Waals surface area contributed by atoms with E-state index in [0.717, 1.165) is 32.3 Å². The quantitative estimate of drug-likeness (QED) is 0.701. The topological polar surface area (TPSA) is 52.7 Å². The molecule has 0 aromatic heterocycles. The summed E-state index contributed by atoms with van der Waals surface area (Å²) >= 11 is 0. The van der Waals surface area contributed by atoms with Gasteiger partial charge in [0.25, 0.3) is 0 Å². The zero-order valence-corrected chi connectivity index (χ0v) is 11.7. The maximum absolute atomic E-state index is 11.2. The summed E-state index contributed by atoms with van der Waals surface area (Å²) in [5.41, 5.74) is 0. The molecule has 1 heterocycles. The molecule has 2 amide bonds. The van der Waals surface area contributed by atoms with Crippen LogP contribution in [0.15, 0.2) is 0 Å². The molecule has 104 valence electrons. The Labute approximate surface area is 110 Å². The number of nitrogens with zero attached hydrogens (tertiary/aromatic N) is 2. The highest BCUT2D eigenvalue weighted by atomic mass is 16.2. The first-order valence-electron chi connectivity index (χ1n) is 6.74. The Kier molecular flexibility index (Phi) is 6.12. The average molecular weight is 255 g/mol. The van der Waals surface area contributed by atoms with E-state index in [4.69, 9.17) is 0 Å². The minimum Gasteiger partial charge on any atom is -0.359 e. The van der Waals surface area contributed by atoms with Crippen molar-refractivity contribution in [3.8, 4) is 0 Å². The van der Waals surface area contributed by atoms with Gasteiger partial charge in [0.1, 0.15) is 0 Å². The summed E-state index contributed by atoms with van der Waals surface area (Å²) in [5.74, 6) is -0.0154. The summed E-state index contributed by atoms with van der Waals surface area (Å²) in [7, 11) is 1.62. The summed E-state index contributed by atoms with van der Waals surface area (Å²) in [4.78, 5) is 26.6. The van der Waals surface area contributed by atoms with Crippen LogP contribution in [0.5, 0.6) is 0 Å². The van der Waals surface area contributed by atoms with Crippen LogP contribution >= 0.6 is 0 Å². The van der Waals surface area contributed by atoms with E-state index in [1.165, 1.54) is 0 Å². The number of nitrogens with one attached hydrogen (secondary N) is 1. The molecule has 0 aromatic rings. The molecular formula is C13H25N3O2. The fourth-order valence-electron chi connectivity index (χ4n) is 2.40. The molecule has 0 saturated carbocycles.